The van der Waals surface area contributed by atoms with Crippen molar-refractivity contribution in [2.45, 2.75) is 46.2 Å². The predicted molar refractivity (Wildman–Crippen MR) is 76.4 cm³/mol. The van der Waals surface area contributed by atoms with Gasteiger partial charge in [0.1, 0.15) is 0 Å². The van der Waals surface area contributed by atoms with Crippen LogP contribution in [0.25, 0.3) is 0 Å². The third-order valence-corrected chi connectivity index (χ3v) is 3.30. The van der Waals surface area contributed by atoms with Crippen molar-refractivity contribution >= 4 is 5.69 Å². The van der Waals surface area contributed by atoms with E-state index in [0.29, 0.717) is 6.04 Å². The quantitative estimate of drug-likeness (QED) is 0.844. The highest BCUT2D eigenvalue weighted by Gasteiger charge is 2.11. The third-order valence-electron chi connectivity index (χ3n) is 3.30. The zero-order valence-electron chi connectivity index (χ0n) is 11.8. The van der Waals surface area contributed by atoms with Crippen LogP contribution < -0.4 is 10.6 Å². The highest BCUT2D eigenvalue weighted by molar-refractivity contribution is 5.48. The van der Waals surface area contributed by atoms with Crippen molar-refractivity contribution in [3.8, 4) is 0 Å². The van der Waals surface area contributed by atoms with Gasteiger partial charge in [-0.1, -0.05) is 26.0 Å². The fourth-order valence-electron chi connectivity index (χ4n) is 2.11. The molecule has 0 amide bonds. The van der Waals surface area contributed by atoms with Gasteiger partial charge in [-0.05, 0) is 43.9 Å². The van der Waals surface area contributed by atoms with E-state index in [4.69, 9.17) is 5.73 Å². The Balaban J connectivity index is 2.72. The number of hydrogen-bond donors (Lipinski definition) is 1. The van der Waals surface area contributed by atoms with Gasteiger partial charge in [0.15, 0.2) is 0 Å². The molecule has 0 aromatic heterocycles. The molecule has 0 aliphatic heterocycles. The van der Waals surface area contributed by atoms with E-state index < -0.39 is 0 Å². The van der Waals surface area contributed by atoms with E-state index in [0.717, 1.165) is 5.92 Å². The van der Waals surface area contributed by atoms with Crippen LogP contribution in [-0.4, -0.2) is 13.1 Å². The molecule has 0 spiro atoms. The summed E-state index contributed by atoms with van der Waals surface area (Å²) in [7, 11) is 2.16. The highest BCUT2D eigenvalue weighted by Crippen LogP contribution is 2.21. The van der Waals surface area contributed by atoms with Crippen molar-refractivity contribution in [1.29, 1.82) is 0 Å². The molecule has 2 nitrogen and oxygen atoms in total. The zero-order chi connectivity index (χ0) is 13.0. The lowest BCUT2D eigenvalue weighted by atomic mass is 10.0. The fraction of sp³-hybridized carbons (Fsp3) is 0.600. The average Bonchev–Trinajstić information content (AvgIpc) is 2.27. The molecule has 2 atom stereocenters. The standard InChI is InChI=1S/C15H26N2/c1-11(2)10-12(3)17(5)15-8-6-14(7-9-15)13(4)16/h6-9,11-13H,10,16H2,1-5H3/t12?,13-/m0/s1. The van der Waals surface area contributed by atoms with Crippen LogP contribution in [0, 0.1) is 5.92 Å². The van der Waals surface area contributed by atoms with Crippen molar-refractivity contribution < 1.29 is 0 Å². The maximum Gasteiger partial charge on any atom is 0.0366 e. The molecule has 2 N–H and O–H groups in total. The van der Waals surface area contributed by atoms with E-state index in [1.54, 1.807) is 0 Å². The second-order valence-electron chi connectivity index (χ2n) is 5.47. The molecular weight excluding hydrogens is 208 g/mol. The monoisotopic (exact) mass is 234 g/mol. The Morgan fingerprint density at radius 1 is 1.06 bits per heavy atom. The van der Waals surface area contributed by atoms with Gasteiger partial charge in [-0.2, -0.15) is 0 Å². The van der Waals surface area contributed by atoms with E-state index in [-0.39, 0.29) is 6.04 Å². The van der Waals surface area contributed by atoms with Gasteiger partial charge in [-0.25, -0.2) is 0 Å². The van der Waals surface area contributed by atoms with Crippen molar-refractivity contribution in [2.24, 2.45) is 11.7 Å². The van der Waals surface area contributed by atoms with Crippen LogP contribution in [-0.2, 0) is 0 Å². The first-order valence-electron chi connectivity index (χ1n) is 6.50. The van der Waals surface area contributed by atoms with E-state index in [2.05, 4.69) is 57.0 Å². The Morgan fingerprint density at radius 2 is 1.59 bits per heavy atom. The summed E-state index contributed by atoms with van der Waals surface area (Å²) in [6, 6.07) is 9.25. The van der Waals surface area contributed by atoms with E-state index in [1.807, 2.05) is 6.92 Å². The first-order chi connectivity index (χ1) is 7.91. The number of anilines is 1. The second-order valence-corrected chi connectivity index (χ2v) is 5.47. The summed E-state index contributed by atoms with van der Waals surface area (Å²) in [6.45, 7) is 8.83. The number of rotatable bonds is 5. The smallest absolute Gasteiger partial charge is 0.0366 e. The Morgan fingerprint density at radius 3 is 2.00 bits per heavy atom. The summed E-state index contributed by atoms with van der Waals surface area (Å²) in [5, 5.41) is 0. The number of hydrogen-bond acceptors (Lipinski definition) is 2. The van der Waals surface area contributed by atoms with Gasteiger partial charge < -0.3 is 10.6 Å². The minimum Gasteiger partial charge on any atom is -0.372 e. The Labute approximate surface area is 106 Å². The molecule has 0 aliphatic rings. The molecule has 17 heavy (non-hydrogen) atoms. The maximum atomic E-state index is 5.85. The van der Waals surface area contributed by atoms with E-state index in [1.165, 1.54) is 17.7 Å². The summed E-state index contributed by atoms with van der Waals surface area (Å²) in [5.74, 6) is 0.732. The van der Waals surface area contributed by atoms with Crippen LogP contribution in [0.1, 0.15) is 45.7 Å². The number of nitrogens with zero attached hydrogens (tertiary/aromatic N) is 1. The van der Waals surface area contributed by atoms with Gasteiger partial charge in [0.2, 0.25) is 0 Å². The highest BCUT2D eigenvalue weighted by atomic mass is 15.1. The molecule has 0 heterocycles. The van der Waals surface area contributed by atoms with Gasteiger partial charge >= 0.3 is 0 Å². The third kappa shape index (κ3) is 4.04. The Bertz CT molecular complexity index is 327. The van der Waals surface area contributed by atoms with Gasteiger partial charge in [0.05, 0.1) is 0 Å². The minimum atomic E-state index is 0.113. The van der Waals surface area contributed by atoms with Crippen LogP contribution in [0.5, 0.6) is 0 Å². The molecule has 1 aromatic carbocycles. The molecule has 0 fully saturated rings. The molecule has 96 valence electrons. The van der Waals surface area contributed by atoms with Gasteiger partial charge in [0.25, 0.3) is 0 Å². The topological polar surface area (TPSA) is 29.3 Å². The van der Waals surface area contributed by atoms with Crippen LogP contribution in [0.4, 0.5) is 5.69 Å². The maximum absolute atomic E-state index is 5.85. The van der Waals surface area contributed by atoms with Crippen molar-refractivity contribution in [1.82, 2.24) is 0 Å². The second kappa shape index (κ2) is 6.06. The molecule has 1 unspecified atom stereocenters. The Kier molecular flexibility index (Phi) is 5.01. The number of benzene rings is 1. The SMILES string of the molecule is CC(C)CC(C)N(C)c1ccc([C@H](C)N)cc1. The first-order valence-corrected chi connectivity index (χ1v) is 6.50. The lowest BCUT2D eigenvalue weighted by Crippen LogP contribution is -2.29. The lowest BCUT2D eigenvalue weighted by Gasteiger charge is -2.28. The Hall–Kier alpha value is -1.02. The van der Waals surface area contributed by atoms with Gasteiger partial charge in [-0.3, -0.25) is 0 Å². The average molecular weight is 234 g/mol. The van der Waals surface area contributed by atoms with Gasteiger partial charge in [-0.15, -0.1) is 0 Å². The number of nitrogens with two attached hydrogens (primary N) is 1. The normalized spacial score (nSPS) is 14.8. The molecule has 0 saturated heterocycles. The molecule has 0 bridgehead atoms. The van der Waals surface area contributed by atoms with Crippen LogP contribution >= 0.6 is 0 Å². The van der Waals surface area contributed by atoms with E-state index >= 15 is 0 Å². The molecule has 1 rings (SSSR count). The lowest BCUT2D eigenvalue weighted by molar-refractivity contribution is 0.504. The molecule has 0 radical (unpaired) electrons. The summed E-state index contributed by atoms with van der Waals surface area (Å²) >= 11 is 0. The summed E-state index contributed by atoms with van der Waals surface area (Å²) in [6.07, 6.45) is 1.21. The summed E-state index contributed by atoms with van der Waals surface area (Å²) < 4.78 is 0. The molecule has 0 aliphatic carbocycles. The van der Waals surface area contributed by atoms with Crippen LogP contribution in [0.15, 0.2) is 24.3 Å². The van der Waals surface area contributed by atoms with Crippen LogP contribution in [0.3, 0.4) is 0 Å². The van der Waals surface area contributed by atoms with Crippen molar-refractivity contribution in [3.05, 3.63) is 29.8 Å². The fourth-order valence-corrected chi connectivity index (χ4v) is 2.11. The summed E-state index contributed by atoms with van der Waals surface area (Å²) in [5.41, 5.74) is 8.31. The minimum absolute atomic E-state index is 0.113. The molecule has 1 aromatic rings. The van der Waals surface area contributed by atoms with Crippen molar-refractivity contribution in [3.63, 3.8) is 0 Å². The largest absolute Gasteiger partial charge is 0.372 e. The molecule has 2 heteroatoms. The predicted octanol–water partition coefficient (Wildman–Crippen LogP) is 3.58. The molecule has 0 saturated carbocycles. The molecular formula is C15H26N2. The zero-order valence-corrected chi connectivity index (χ0v) is 11.8. The van der Waals surface area contributed by atoms with Crippen LogP contribution in [0.2, 0.25) is 0 Å². The first kappa shape index (κ1) is 14.0. The summed E-state index contributed by atoms with van der Waals surface area (Å²) in [4.78, 5) is 2.34. The van der Waals surface area contributed by atoms with Crippen molar-refractivity contribution in [2.75, 3.05) is 11.9 Å². The van der Waals surface area contributed by atoms with Gasteiger partial charge in [0, 0.05) is 24.8 Å². The van der Waals surface area contributed by atoms with E-state index in [9.17, 15) is 0 Å².